The molecule has 7 nitrogen and oxygen atoms in total. The molecule has 0 aromatic heterocycles. The van der Waals surface area contributed by atoms with Crippen molar-refractivity contribution < 1.29 is 22.7 Å². The van der Waals surface area contributed by atoms with E-state index in [-0.39, 0.29) is 0 Å². The second-order valence-electron chi connectivity index (χ2n) is 5.91. The van der Waals surface area contributed by atoms with Crippen LogP contribution < -0.4 is 20.9 Å². The van der Waals surface area contributed by atoms with Gasteiger partial charge in [-0.2, -0.15) is 0 Å². The van der Waals surface area contributed by atoms with E-state index >= 15 is 0 Å². The van der Waals surface area contributed by atoms with Gasteiger partial charge in [0.2, 0.25) is 0 Å². The lowest BCUT2D eigenvalue weighted by atomic mass is 10.1. The van der Waals surface area contributed by atoms with Crippen LogP contribution in [0.4, 0.5) is 11.4 Å². The number of ether oxygens (including phenoxy) is 2. The Hall–Kier alpha value is -3.26. The maximum Gasteiger partial charge on any atom is 0.179 e. The van der Waals surface area contributed by atoms with Crippen LogP contribution in [0.2, 0.25) is 0 Å². The first-order valence-electron chi connectivity index (χ1n) is 8.23. The number of anilines is 2. The standard InChI is InChI=1S/C20H22N2O5S/c1-26-19-7-4-14(11-17(19)21)3-6-16(23)13-28(24,25)10-9-15-5-8-20(27-2)18(22)12-15/h3-12H,13,21-22H2,1-2H3/b6-3-,10-9+. The van der Waals surface area contributed by atoms with E-state index in [2.05, 4.69) is 0 Å². The molecule has 0 radical (unpaired) electrons. The Labute approximate surface area is 164 Å². The summed E-state index contributed by atoms with van der Waals surface area (Å²) in [5.74, 6) is -0.166. The fourth-order valence-corrected chi connectivity index (χ4v) is 3.33. The highest BCUT2D eigenvalue weighted by atomic mass is 32.2. The van der Waals surface area contributed by atoms with Crippen LogP contribution in [0, 0.1) is 0 Å². The lowest BCUT2D eigenvalue weighted by Gasteiger charge is -2.04. The van der Waals surface area contributed by atoms with Crippen molar-refractivity contribution in [2.75, 3.05) is 31.4 Å². The van der Waals surface area contributed by atoms with E-state index in [0.717, 1.165) is 5.41 Å². The van der Waals surface area contributed by atoms with Gasteiger partial charge in [-0.15, -0.1) is 0 Å². The number of carbonyl (C=O) groups excluding carboxylic acids is 1. The highest BCUT2D eigenvalue weighted by molar-refractivity contribution is 7.95. The number of ketones is 1. The molecule has 0 fully saturated rings. The fourth-order valence-electron chi connectivity index (χ4n) is 2.38. The van der Waals surface area contributed by atoms with Gasteiger partial charge in [0.05, 0.1) is 25.6 Å². The average molecular weight is 402 g/mol. The molecule has 0 amide bonds. The van der Waals surface area contributed by atoms with Crippen LogP contribution in [0.25, 0.3) is 12.2 Å². The number of hydrogen-bond acceptors (Lipinski definition) is 7. The molecular formula is C20H22N2O5S. The van der Waals surface area contributed by atoms with Crippen molar-refractivity contribution in [3.63, 3.8) is 0 Å². The summed E-state index contributed by atoms with van der Waals surface area (Å²) in [5, 5.41) is 0.991. The van der Waals surface area contributed by atoms with E-state index in [0.29, 0.717) is 34.0 Å². The molecule has 4 N–H and O–H groups in total. The molecule has 0 heterocycles. The molecule has 0 aliphatic carbocycles. The van der Waals surface area contributed by atoms with Crippen molar-refractivity contribution in [3.05, 3.63) is 59.0 Å². The number of carbonyl (C=O) groups is 1. The summed E-state index contributed by atoms with van der Waals surface area (Å²) in [7, 11) is -0.734. The number of nitrogens with two attached hydrogens (primary N) is 2. The second kappa shape index (κ2) is 9.09. The molecule has 2 aromatic rings. The Morgan fingerprint density at radius 1 is 0.929 bits per heavy atom. The van der Waals surface area contributed by atoms with Gasteiger partial charge in [-0.1, -0.05) is 18.2 Å². The van der Waals surface area contributed by atoms with Gasteiger partial charge in [0.25, 0.3) is 0 Å². The van der Waals surface area contributed by atoms with Crippen molar-refractivity contribution in [2.45, 2.75) is 0 Å². The normalized spacial score (nSPS) is 11.8. The van der Waals surface area contributed by atoms with Gasteiger partial charge in [0.1, 0.15) is 17.3 Å². The van der Waals surface area contributed by atoms with Gasteiger partial charge >= 0.3 is 0 Å². The largest absolute Gasteiger partial charge is 0.495 e. The zero-order chi connectivity index (χ0) is 20.7. The lowest BCUT2D eigenvalue weighted by Crippen LogP contribution is -2.11. The van der Waals surface area contributed by atoms with Crippen molar-refractivity contribution in [1.82, 2.24) is 0 Å². The maximum absolute atomic E-state index is 12.1. The molecule has 0 atom stereocenters. The maximum atomic E-state index is 12.1. The first kappa shape index (κ1) is 21.0. The quantitative estimate of drug-likeness (QED) is 0.514. The second-order valence-corrected chi connectivity index (χ2v) is 7.80. The van der Waals surface area contributed by atoms with Crippen LogP contribution in [-0.2, 0) is 14.6 Å². The number of rotatable bonds is 8. The Bertz CT molecular complexity index is 1030. The topological polar surface area (TPSA) is 122 Å². The highest BCUT2D eigenvalue weighted by Gasteiger charge is 2.11. The molecule has 148 valence electrons. The van der Waals surface area contributed by atoms with Crippen LogP contribution >= 0.6 is 0 Å². The first-order chi connectivity index (χ1) is 13.2. The molecule has 0 saturated heterocycles. The number of sulfone groups is 1. The summed E-state index contributed by atoms with van der Waals surface area (Å²) in [5.41, 5.74) is 13.6. The van der Waals surface area contributed by atoms with Gasteiger partial charge < -0.3 is 20.9 Å². The highest BCUT2D eigenvalue weighted by Crippen LogP contribution is 2.23. The van der Waals surface area contributed by atoms with Gasteiger partial charge in [-0.25, -0.2) is 8.42 Å². The predicted octanol–water partition coefficient (Wildman–Crippen LogP) is 2.54. The Kier molecular flexibility index (Phi) is 6.84. The first-order valence-corrected chi connectivity index (χ1v) is 9.94. The van der Waals surface area contributed by atoms with Crippen LogP contribution in [-0.4, -0.2) is 34.2 Å². The summed E-state index contributed by atoms with van der Waals surface area (Å²) >= 11 is 0. The minimum atomic E-state index is -3.73. The molecule has 2 rings (SSSR count). The van der Waals surface area contributed by atoms with E-state index in [4.69, 9.17) is 20.9 Å². The van der Waals surface area contributed by atoms with Crippen molar-refractivity contribution in [2.24, 2.45) is 0 Å². The molecule has 0 spiro atoms. The summed E-state index contributed by atoms with van der Waals surface area (Å²) < 4.78 is 34.4. The molecule has 8 heteroatoms. The third-order valence-corrected chi connectivity index (χ3v) is 5.02. The Morgan fingerprint density at radius 3 is 1.89 bits per heavy atom. The zero-order valence-electron chi connectivity index (χ0n) is 15.6. The number of allylic oxidation sites excluding steroid dienone is 1. The third kappa shape index (κ3) is 5.88. The van der Waals surface area contributed by atoms with E-state index < -0.39 is 21.4 Å². The average Bonchev–Trinajstić information content (AvgIpc) is 2.64. The van der Waals surface area contributed by atoms with E-state index in [1.54, 1.807) is 36.4 Å². The molecule has 0 unspecified atom stereocenters. The van der Waals surface area contributed by atoms with Crippen LogP contribution in [0.15, 0.2) is 47.9 Å². The molecule has 0 bridgehead atoms. The number of benzene rings is 2. The van der Waals surface area contributed by atoms with Crippen molar-refractivity contribution in [3.8, 4) is 11.5 Å². The summed E-state index contributed by atoms with van der Waals surface area (Å²) in [6.45, 7) is 0. The molecule has 0 saturated carbocycles. The SMILES string of the molecule is COc1ccc(/C=C\C(=O)CS(=O)(=O)/C=C/c2ccc(OC)c(N)c2)cc1N. The monoisotopic (exact) mass is 402 g/mol. The molecule has 28 heavy (non-hydrogen) atoms. The van der Waals surface area contributed by atoms with E-state index in [1.807, 2.05) is 0 Å². The van der Waals surface area contributed by atoms with E-state index in [9.17, 15) is 13.2 Å². The summed E-state index contributed by atoms with van der Waals surface area (Å²) in [4.78, 5) is 12.0. The zero-order valence-corrected chi connectivity index (χ0v) is 16.4. The fraction of sp³-hybridized carbons (Fsp3) is 0.150. The van der Waals surface area contributed by atoms with Crippen LogP contribution in [0.1, 0.15) is 11.1 Å². The minimum absolute atomic E-state index is 0.389. The van der Waals surface area contributed by atoms with Gasteiger partial charge in [-0.3, -0.25) is 4.79 Å². The van der Waals surface area contributed by atoms with Crippen molar-refractivity contribution in [1.29, 1.82) is 0 Å². The summed E-state index contributed by atoms with van der Waals surface area (Å²) in [6, 6.07) is 9.89. The number of hydrogen-bond donors (Lipinski definition) is 2. The molecular weight excluding hydrogens is 380 g/mol. The Balaban J connectivity index is 2.03. The smallest absolute Gasteiger partial charge is 0.179 e. The number of nitrogen functional groups attached to an aromatic ring is 2. The predicted molar refractivity (Wildman–Crippen MR) is 112 cm³/mol. The van der Waals surface area contributed by atoms with E-state index in [1.165, 1.54) is 32.4 Å². The van der Waals surface area contributed by atoms with Crippen LogP contribution in [0.5, 0.6) is 11.5 Å². The van der Waals surface area contributed by atoms with Gasteiger partial charge in [0, 0.05) is 5.41 Å². The molecule has 0 aliphatic rings. The Morgan fingerprint density at radius 2 is 1.43 bits per heavy atom. The minimum Gasteiger partial charge on any atom is -0.495 e. The third-order valence-electron chi connectivity index (χ3n) is 3.78. The number of methoxy groups -OCH3 is 2. The lowest BCUT2D eigenvalue weighted by molar-refractivity contribution is -0.112. The molecule has 2 aromatic carbocycles. The van der Waals surface area contributed by atoms with Crippen LogP contribution in [0.3, 0.4) is 0 Å². The molecule has 0 aliphatic heterocycles. The summed E-state index contributed by atoms with van der Waals surface area (Å²) in [6.07, 6.45) is 4.09. The van der Waals surface area contributed by atoms with Gasteiger partial charge in [-0.05, 0) is 47.5 Å². The van der Waals surface area contributed by atoms with Gasteiger partial charge in [0.15, 0.2) is 15.6 Å². The van der Waals surface area contributed by atoms with Crippen molar-refractivity contribution >= 4 is 39.1 Å².